The van der Waals surface area contributed by atoms with E-state index in [1.165, 1.54) is 0 Å². The van der Waals surface area contributed by atoms with Crippen LogP contribution in [0.4, 0.5) is 5.69 Å². The largest absolute Gasteiger partial charge is 0.462 e. The van der Waals surface area contributed by atoms with Gasteiger partial charge >= 0.3 is 11.9 Å². The van der Waals surface area contributed by atoms with E-state index in [1.807, 2.05) is 0 Å². The summed E-state index contributed by atoms with van der Waals surface area (Å²) in [6.07, 6.45) is 0.752. The van der Waals surface area contributed by atoms with E-state index >= 15 is 0 Å². The van der Waals surface area contributed by atoms with Gasteiger partial charge in [-0.15, -0.1) is 0 Å². The fourth-order valence-corrected chi connectivity index (χ4v) is 3.92. The smallest absolute Gasteiger partial charge is 0.340 e. The van der Waals surface area contributed by atoms with Crippen LogP contribution in [-0.4, -0.2) is 89.6 Å². The summed E-state index contributed by atoms with van der Waals surface area (Å²) in [5, 5.41) is 0. The van der Waals surface area contributed by atoms with Gasteiger partial charge in [-0.2, -0.15) is 0 Å². The SMILES string of the molecule is CCOC(=O)c1c2ccc(CC(=O)NOCCCN(CCOC)CCOC)ccc-2c(C(=O)OCC)c1N. The van der Waals surface area contributed by atoms with Crippen LogP contribution in [0.1, 0.15) is 46.5 Å². The van der Waals surface area contributed by atoms with Crippen molar-refractivity contribution in [2.45, 2.75) is 26.7 Å². The van der Waals surface area contributed by atoms with E-state index in [-0.39, 0.29) is 42.4 Å². The molecule has 0 heterocycles. The van der Waals surface area contributed by atoms with Crippen LogP contribution in [0, 0.1) is 0 Å². The van der Waals surface area contributed by atoms with Crippen LogP contribution in [-0.2, 0) is 35.0 Å². The predicted octanol–water partition coefficient (Wildman–Crippen LogP) is 2.30. The average Bonchev–Trinajstić information content (AvgIpc) is 3.03. The van der Waals surface area contributed by atoms with Crippen LogP contribution in [0.5, 0.6) is 0 Å². The molecule has 210 valence electrons. The molecule has 38 heavy (non-hydrogen) atoms. The molecule has 0 aliphatic heterocycles. The number of hydroxylamine groups is 1. The van der Waals surface area contributed by atoms with Crippen molar-refractivity contribution in [3.8, 4) is 11.1 Å². The Morgan fingerprint density at radius 2 is 1.34 bits per heavy atom. The number of methoxy groups -OCH3 is 2. The number of hydrogen-bond donors (Lipinski definition) is 2. The highest BCUT2D eigenvalue weighted by Gasteiger charge is 2.30. The molecule has 0 radical (unpaired) electrons. The topological polar surface area (TPSA) is 139 Å². The number of anilines is 1. The summed E-state index contributed by atoms with van der Waals surface area (Å²) in [4.78, 5) is 45.2. The van der Waals surface area contributed by atoms with E-state index in [9.17, 15) is 14.4 Å². The summed E-state index contributed by atoms with van der Waals surface area (Å²) in [5.74, 6) is -1.60. The van der Waals surface area contributed by atoms with E-state index in [4.69, 9.17) is 29.5 Å². The number of esters is 2. The molecule has 0 aromatic rings. The van der Waals surface area contributed by atoms with Crippen LogP contribution in [0.2, 0.25) is 0 Å². The van der Waals surface area contributed by atoms with Crippen molar-refractivity contribution in [1.82, 2.24) is 10.4 Å². The summed E-state index contributed by atoms with van der Waals surface area (Å²) in [6, 6.07) is 6.70. The molecule has 11 heteroatoms. The molecule has 0 saturated heterocycles. The van der Waals surface area contributed by atoms with Crippen molar-refractivity contribution in [3.05, 3.63) is 41.0 Å². The molecule has 0 bridgehead atoms. The first-order valence-electron chi connectivity index (χ1n) is 12.7. The van der Waals surface area contributed by atoms with Crippen LogP contribution < -0.4 is 11.2 Å². The Balaban J connectivity index is 2.04. The van der Waals surface area contributed by atoms with Gasteiger partial charge in [-0.1, -0.05) is 24.3 Å². The zero-order valence-electron chi connectivity index (χ0n) is 22.7. The molecule has 3 N–H and O–H groups in total. The third kappa shape index (κ3) is 8.95. The zero-order chi connectivity index (χ0) is 27.9. The quantitative estimate of drug-likeness (QED) is 0.177. The maximum atomic E-state index is 12.6. The molecule has 0 saturated carbocycles. The zero-order valence-corrected chi connectivity index (χ0v) is 22.7. The fraction of sp³-hybridized carbons (Fsp3) is 0.519. The normalized spacial score (nSPS) is 11.1. The van der Waals surface area contributed by atoms with Crippen molar-refractivity contribution < 1.29 is 38.2 Å². The van der Waals surface area contributed by atoms with Gasteiger partial charge in [0.15, 0.2) is 0 Å². The summed E-state index contributed by atoms with van der Waals surface area (Å²) in [6.45, 7) is 7.64. The van der Waals surface area contributed by atoms with E-state index in [0.29, 0.717) is 36.5 Å². The lowest BCUT2D eigenvalue weighted by molar-refractivity contribution is -0.133. The average molecular weight is 534 g/mol. The third-order valence-corrected chi connectivity index (χ3v) is 5.75. The Morgan fingerprint density at radius 3 is 1.82 bits per heavy atom. The number of rotatable bonds is 17. The number of nitrogens with one attached hydrogen (secondary N) is 1. The van der Waals surface area contributed by atoms with Crippen molar-refractivity contribution in [2.75, 3.05) is 72.6 Å². The van der Waals surface area contributed by atoms with Gasteiger partial charge in [0.05, 0.1) is 56.3 Å². The molecular formula is C27H39N3O8. The van der Waals surface area contributed by atoms with Crippen molar-refractivity contribution >= 4 is 23.5 Å². The molecule has 2 aliphatic carbocycles. The van der Waals surface area contributed by atoms with Gasteiger partial charge in [-0.25, -0.2) is 15.1 Å². The molecule has 0 spiro atoms. The standard InChI is InChI=1S/C27H39N3O8/c1-5-36-26(32)23-20-10-8-19(9-11-21(20)24(25(23)28)27(33)37-6-2)18-22(31)29-38-15-7-12-30(13-16-34-3)14-17-35-4/h8-11H,5-7,12-18,28H2,1-4H3,(H,29,31). The molecule has 2 rings (SSSR count). The van der Waals surface area contributed by atoms with Crippen LogP contribution >= 0.6 is 0 Å². The van der Waals surface area contributed by atoms with E-state index in [0.717, 1.165) is 26.1 Å². The first-order chi connectivity index (χ1) is 18.4. The molecular weight excluding hydrogens is 494 g/mol. The Bertz CT molecular complexity index is 966. The number of hydrogen-bond acceptors (Lipinski definition) is 10. The minimum absolute atomic E-state index is 0.0128. The molecule has 0 unspecified atom stereocenters. The second-order valence-electron chi connectivity index (χ2n) is 8.40. The van der Waals surface area contributed by atoms with Gasteiger partial charge in [0, 0.05) is 33.9 Å². The van der Waals surface area contributed by atoms with Gasteiger partial charge in [-0.3, -0.25) is 14.5 Å². The molecule has 0 aromatic heterocycles. The monoisotopic (exact) mass is 533 g/mol. The highest BCUT2D eigenvalue weighted by atomic mass is 16.6. The Morgan fingerprint density at radius 1 is 0.816 bits per heavy atom. The summed E-state index contributed by atoms with van der Waals surface area (Å²) in [7, 11) is 3.33. The molecule has 2 aliphatic rings. The van der Waals surface area contributed by atoms with Crippen LogP contribution in [0.15, 0.2) is 24.3 Å². The maximum absolute atomic E-state index is 12.6. The van der Waals surface area contributed by atoms with Gasteiger partial charge in [0.2, 0.25) is 5.91 Å². The highest BCUT2D eigenvalue weighted by molar-refractivity contribution is 6.15. The van der Waals surface area contributed by atoms with Crippen molar-refractivity contribution in [1.29, 1.82) is 0 Å². The second-order valence-corrected chi connectivity index (χ2v) is 8.40. The number of nitrogen functional groups attached to an aromatic ring is 1. The fourth-order valence-electron chi connectivity index (χ4n) is 3.92. The summed E-state index contributed by atoms with van der Waals surface area (Å²) >= 11 is 0. The first kappa shape index (κ1) is 31.0. The predicted molar refractivity (Wildman–Crippen MR) is 142 cm³/mol. The Hall–Kier alpha value is -3.25. The molecule has 0 aromatic carbocycles. The molecule has 11 nitrogen and oxygen atoms in total. The maximum Gasteiger partial charge on any atom is 0.340 e. The van der Waals surface area contributed by atoms with Crippen molar-refractivity contribution in [2.24, 2.45) is 0 Å². The van der Waals surface area contributed by atoms with E-state index in [1.54, 1.807) is 52.3 Å². The van der Waals surface area contributed by atoms with Crippen LogP contribution in [0.25, 0.3) is 11.1 Å². The molecule has 0 atom stereocenters. The number of fused-ring (bicyclic) bond motifs is 1. The number of nitrogens with two attached hydrogens (primary N) is 1. The van der Waals surface area contributed by atoms with Gasteiger partial charge in [0.1, 0.15) is 0 Å². The molecule has 0 fully saturated rings. The lowest BCUT2D eigenvalue weighted by atomic mass is 10.1. The number of carbonyl (C=O) groups is 3. The highest BCUT2D eigenvalue weighted by Crippen LogP contribution is 2.39. The van der Waals surface area contributed by atoms with Crippen LogP contribution in [0.3, 0.4) is 0 Å². The summed E-state index contributed by atoms with van der Waals surface area (Å²) in [5.41, 5.74) is 10.4. The number of nitrogens with zero attached hydrogens (tertiary/aromatic N) is 1. The van der Waals surface area contributed by atoms with Crippen molar-refractivity contribution in [3.63, 3.8) is 0 Å². The number of amides is 1. The minimum Gasteiger partial charge on any atom is -0.462 e. The third-order valence-electron chi connectivity index (χ3n) is 5.75. The lowest BCUT2D eigenvalue weighted by Gasteiger charge is -2.21. The minimum atomic E-state index is -0.632. The Labute approximate surface area is 223 Å². The van der Waals surface area contributed by atoms with E-state index < -0.39 is 11.9 Å². The number of carbonyl (C=O) groups excluding carboxylic acids is 3. The van der Waals surface area contributed by atoms with Gasteiger partial charge in [-0.05, 0) is 37.0 Å². The summed E-state index contributed by atoms with van der Waals surface area (Å²) < 4.78 is 20.6. The lowest BCUT2D eigenvalue weighted by Crippen LogP contribution is -2.33. The first-order valence-corrected chi connectivity index (χ1v) is 12.7. The second kappa shape index (κ2) is 16.6. The van der Waals surface area contributed by atoms with E-state index in [2.05, 4.69) is 10.4 Å². The molecule has 1 amide bonds. The number of ether oxygens (including phenoxy) is 4. The van der Waals surface area contributed by atoms with Gasteiger partial charge in [0.25, 0.3) is 0 Å². The Kier molecular flexibility index (Phi) is 13.5. The van der Waals surface area contributed by atoms with Gasteiger partial charge < -0.3 is 24.7 Å².